The van der Waals surface area contributed by atoms with Crippen LogP contribution in [0.3, 0.4) is 0 Å². The van der Waals surface area contributed by atoms with E-state index in [-0.39, 0.29) is 4.90 Å². The summed E-state index contributed by atoms with van der Waals surface area (Å²) in [5, 5.41) is 3.88. The van der Waals surface area contributed by atoms with Gasteiger partial charge in [0.2, 0.25) is 10.0 Å². The van der Waals surface area contributed by atoms with Crippen LogP contribution in [0.15, 0.2) is 17.3 Å². The van der Waals surface area contributed by atoms with Gasteiger partial charge in [0.05, 0.1) is 6.20 Å². The lowest BCUT2D eigenvalue weighted by Crippen LogP contribution is -2.31. The highest BCUT2D eigenvalue weighted by atomic mass is 79.9. The molecule has 7 heteroatoms. The average Bonchev–Trinajstić information content (AvgIpc) is 2.76. The summed E-state index contributed by atoms with van der Waals surface area (Å²) in [6, 6.07) is 0. The van der Waals surface area contributed by atoms with Crippen LogP contribution in [0.1, 0.15) is 25.7 Å². The molecule has 1 aliphatic rings. The molecule has 0 unspecified atom stereocenters. The van der Waals surface area contributed by atoms with Crippen molar-refractivity contribution in [3.05, 3.63) is 12.4 Å². The first-order chi connectivity index (χ1) is 8.47. The largest absolute Gasteiger partial charge is 0.274 e. The summed E-state index contributed by atoms with van der Waals surface area (Å²) in [6.45, 7) is 0.525. The molecule has 2 rings (SSSR count). The topological polar surface area (TPSA) is 64.0 Å². The van der Waals surface area contributed by atoms with Crippen LogP contribution < -0.4 is 4.72 Å². The summed E-state index contributed by atoms with van der Waals surface area (Å²) in [6.07, 6.45) is 7.28. The molecule has 0 radical (unpaired) electrons. The highest BCUT2D eigenvalue weighted by molar-refractivity contribution is 9.09. The zero-order valence-corrected chi connectivity index (χ0v) is 12.7. The molecular formula is C11H18BrN3O2S. The van der Waals surface area contributed by atoms with E-state index in [9.17, 15) is 8.42 Å². The third-order valence-corrected chi connectivity index (χ3v) is 5.62. The van der Waals surface area contributed by atoms with Gasteiger partial charge in [-0.2, -0.15) is 5.10 Å². The molecule has 0 bridgehead atoms. The van der Waals surface area contributed by atoms with Crippen molar-refractivity contribution < 1.29 is 8.42 Å². The molecule has 0 saturated heterocycles. The summed E-state index contributed by atoms with van der Waals surface area (Å²) in [4.78, 5) is 0.836. The van der Waals surface area contributed by atoms with Crippen molar-refractivity contribution in [1.82, 2.24) is 14.5 Å². The van der Waals surface area contributed by atoms with Gasteiger partial charge in [0.15, 0.2) is 0 Å². The molecule has 18 heavy (non-hydrogen) atoms. The van der Waals surface area contributed by atoms with Crippen LogP contribution in [-0.4, -0.2) is 29.6 Å². The van der Waals surface area contributed by atoms with E-state index in [0.29, 0.717) is 17.3 Å². The van der Waals surface area contributed by atoms with Gasteiger partial charge in [-0.25, -0.2) is 13.1 Å². The summed E-state index contributed by atoms with van der Waals surface area (Å²) in [7, 11) is -1.69. The minimum absolute atomic E-state index is 0.235. The first kappa shape index (κ1) is 14.0. The lowest BCUT2D eigenvalue weighted by molar-refractivity contribution is 0.366. The van der Waals surface area contributed by atoms with Gasteiger partial charge in [0.1, 0.15) is 4.90 Å². The van der Waals surface area contributed by atoms with Gasteiger partial charge in [-0.05, 0) is 31.6 Å². The van der Waals surface area contributed by atoms with Gasteiger partial charge >= 0.3 is 0 Å². The quantitative estimate of drug-likeness (QED) is 0.851. The summed E-state index contributed by atoms with van der Waals surface area (Å²) in [5.41, 5.74) is 0. The van der Waals surface area contributed by atoms with Gasteiger partial charge in [-0.15, -0.1) is 0 Å². The van der Waals surface area contributed by atoms with Crippen molar-refractivity contribution in [3.63, 3.8) is 0 Å². The zero-order valence-electron chi connectivity index (χ0n) is 10.3. The minimum Gasteiger partial charge on any atom is -0.274 e. The van der Waals surface area contributed by atoms with Crippen LogP contribution >= 0.6 is 15.9 Å². The Morgan fingerprint density at radius 2 is 2.11 bits per heavy atom. The third-order valence-electron chi connectivity index (χ3n) is 3.33. The Morgan fingerprint density at radius 3 is 2.67 bits per heavy atom. The SMILES string of the molecule is Cn1cc(S(=O)(=O)NCC2CCC(Br)CC2)cn1. The Labute approximate surface area is 116 Å². The second kappa shape index (κ2) is 5.71. The maximum Gasteiger partial charge on any atom is 0.243 e. The number of halogens is 1. The maximum atomic E-state index is 12.0. The Morgan fingerprint density at radius 1 is 1.44 bits per heavy atom. The Hall–Kier alpha value is -0.400. The molecule has 1 aromatic heterocycles. The number of alkyl halides is 1. The fourth-order valence-corrected chi connectivity index (χ4v) is 3.80. The Balaban J connectivity index is 1.90. The molecule has 1 heterocycles. The molecule has 0 amide bonds. The van der Waals surface area contributed by atoms with Gasteiger partial charge in [0.25, 0.3) is 0 Å². The molecule has 1 saturated carbocycles. The summed E-state index contributed by atoms with van der Waals surface area (Å²) < 4.78 is 28.1. The number of sulfonamides is 1. The lowest BCUT2D eigenvalue weighted by atomic mass is 9.89. The van der Waals surface area contributed by atoms with Gasteiger partial charge in [0, 0.05) is 24.6 Å². The van der Waals surface area contributed by atoms with E-state index >= 15 is 0 Å². The van der Waals surface area contributed by atoms with Crippen LogP contribution in [0.2, 0.25) is 0 Å². The molecule has 1 N–H and O–H groups in total. The van der Waals surface area contributed by atoms with E-state index in [1.54, 1.807) is 7.05 Å². The standard InChI is InChI=1S/C11H18BrN3O2S/c1-15-8-11(7-13-15)18(16,17)14-6-9-2-4-10(12)5-3-9/h7-10,14H,2-6H2,1H3. The van der Waals surface area contributed by atoms with Crippen molar-refractivity contribution in [1.29, 1.82) is 0 Å². The second-order valence-corrected chi connectivity index (χ2v) is 7.88. The predicted molar refractivity (Wildman–Crippen MR) is 73.1 cm³/mol. The van der Waals surface area contributed by atoms with Crippen molar-refractivity contribution in [3.8, 4) is 0 Å². The van der Waals surface area contributed by atoms with E-state index in [1.165, 1.54) is 17.1 Å². The molecule has 1 fully saturated rings. The van der Waals surface area contributed by atoms with Crippen LogP contribution in [0.5, 0.6) is 0 Å². The number of aryl methyl sites for hydroxylation is 1. The second-order valence-electron chi connectivity index (χ2n) is 4.82. The van der Waals surface area contributed by atoms with E-state index in [4.69, 9.17) is 0 Å². The van der Waals surface area contributed by atoms with Crippen molar-refractivity contribution in [2.75, 3.05) is 6.54 Å². The number of hydrogen-bond acceptors (Lipinski definition) is 3. The normalized spacial score (nSPS) is 25.2. The fourth-order valence-electron chi connectivity index (χ4n) is 2.17. The first-order valence-electron chi connectivity index (χ1n) is 6.10. The van der Waals surface area contributed by atoms with Gasteiger partial charge in [-0.3, -0.25) is 4.68 Å². The van der Waals surface area contributed by atoms with Crippen molar-refractivity contribution in [2.24, 2.45) is 13.0 Å². The van der Waals surface area contributed by atoms with Gasteiger partial charge < -0.3 is 0 Å². The minimum atomic E-state index is -3.40. The fraction of sp³-hybridized carbons (Fsp3) is 0.727. The van der Waals surface area contributed by atoms with E-state index in [0.717, 1.165) is 25.7 Å². The molecule has 0 spiro atoms. The monoisotopic (exact) mass is 335 g/mol. The smallest absolute Gasteiger partial charge is 0.243 e. The van der Waals surface area contributed by atoms with Gasteiger partial charge in [-0.1, -0.05) is 15.9 Å². The predicted octanol–water partition coefficient (Wildman–Crippen LogP) is 1.65. The number of aromatic nitrogens is 2. The molecule has 1 aliphatic carbocycles. The summed E-state index contributed by atoms with van der Waals surface area (Å²) >= 11 is 3.60. The zero-order chi connectivity index (χ0) is 13.2. The highest BCUT2D eigenvalue weighted by Crippen LogP contribution is 2.28. The molecule has 0 aromatic carbocycles. The van der Waals surface area contributed by atoms with Crippen LogP contribution in [0.4, 0.5) is 0 Å². The van der Waals surface area contributed by atoms with E-state index < -0.39 is 10.0 Å². The van der Waals surface area contributed by atoms with Crippen LogP contribution in [0.25, 0.3) is 0 Å². The van der Waals surface area contributed by atoms with E-state index in [2.05, 4.69) is 25.8 Å². The molecular weight excluding hydrogens is 318 g/mol. The molecule has 102 valence electrons. The Bertz CT molecular complexity index is 492. The lowest BCUT2D eigenvalue weighted by Gasteiger charge is -2.25. The third kappa shape index (κ3) is 3.55. The van der Waals surface area contributed by atoms with Crippen molar-refractivity contribution in [2.45, 2.75) is 35.4 Å². The number of nitrogens with one attached hydrogen (secondary N) is 1. The first-order valence-corrected chi connectivity index (χ1v) is 8.49. The average molecular weight is 336 g/mol. The maximum absolute atomic E-state index is 12.0. The molecule has 0 aliphatic heterocycles. The Kier molecular flexibility index (Phi) is 4.45. The number of nitrogens with zero attached hydrogens (tertiary/aromatic N) is 2. The molecule has 1 aromatic rings. The number of hydrogen-bond donors (Lipinski definition) is 1. The highest BCUT2D eigenvalue weighted by Gasteiger charge is 2.22. The molecule has 5 nitrogen and oxygen atoms in total. The number of rotatable bonds is 4. The van der Waals surface area contributed by atoms with E-state index in [1.807, 2.05) is 0 Å². The summed E-state index contributed by atoms with van der Waals surface area (Å²) in [5.74, 6) is 0.449. The van der Waals surface area contributed by atoms with Crippen molar-refractivity contribution >= 4 is 26.0 Å². The van der Waals surface area contributed by atoms with Crippen LogP contribution in [-0.2, 0) is 17.1 Å². The molecule has 0 atom stereocenters. The van der Waals surface area contributed by atoms with Crippen LogP contribution in [0, 0.1) is 5.92 Å².